The molecule has 0 saturated heterocycles. The number of hydrogen-bond acceptors (Lipinski definition) is 3. The summed E-state index contributed by atoms with van der Waals surface area (Å²) in [6, 6.07) is 4.17. The molecule has 0 aliphatic rings. The highest BCUT2D eigenvalue weighted by Gasteiger charge is 1.93. The number of aromatic nitrogens is 1. The molecule has 0 amide bonds. The van der Waals surface area contributed by atoms with Crippen LogP contribution in [0, 0.1) is 0 Å². The molecule has 0 bridgehead atoms. The monoisotopic (exact) mass is 225 g/mol. The van der Waals surface area contributed by atoms with Crippen molar-refractivity contribution in [1.82, 2.24) is 4.98 Å². The molecule has 0 N–H and O–H groups in total. The van der Waals surface area contributed by atoms with E-state index in [1.54, 1.807) is 0 Å². The van der Waals surface area contributed by atoms with Crippen molar-refractivity contribution in [3.05, 3.63) is 30.1 Å². The third-order valence-corrected chi connectivity index (χ3v) is 3.14. The number of nitrogens with zero attached hydrogens (tertiary/aromatic N) is 1. The van der Waals surface area contributed by atoms with Gasteiger partial charge in [0.1, 0.15) is 0 Å². The molecule has 0 radical (unpaired) electrons. The highest BCUT2D eigenvalue weighted by atomic mass is 32.2. The van der Waals surface area contributed by atoms with Gasteiger partial charge >= 0.3 is 0 Å². The van der Waals surface area contributed by atoms with Crippen LogP contribution in [-0.4, -0.2) is 29.7 Å². The second-order valence-electron chi connectivity index (χ2n) is 3.27. The van der Waals surface area contributed by atoms with E-state index >= 15 is 0 Å². The summed E-state index contributed by atoms with van der Waals surface area (Å²) in [5.41, 5.74) is 1.38. The Kier molecular flexibility index (Phi) is 7.30. The second-order valence-corrected chi connectivity index (χ2v) is 4.49. The van der Waals surface area contributed by atoms with Crippen molar-refractivity contribution in [3.8, 4) is 0 Å². The molecule has 0 atom stereocenters. The van der Waals surface area contributed by atoms with E-state index in [4.69, 9.17) is 4.74 Å². The third-order valence-electron chi connectivity index (χ3n) is 2.07. The maximum Gasteiger partial charge on any atom is 0.0473 e. The molecule has 0 fully saturated rings. The molecule has 15 heavy (non-hydrogen) atoms. The molecule has 0 spiro atoms. The average molecular weight is 225 g/mol. The Morgan fingerprint density at radius 2 is 2.07 bits per heavy atom. The van der Waals surface area contributed by atoms with Crippen LogP contribution < -0.4 is 0 Å². The van der Waals surface area contributed by atoms with Gasteiger partial charge in [0, 0.05) is 25.6 Å². The quantitative estimate of drug-likeness (QED) is 0.635. The summed E-state index contributed by atoms with van der Waals surface area (Å²) in [6.45, 7) is 3.77. The number of ether oxygens (including phenoxy) is 1. The van der Waals surface area contributed by atoms with E-state index in [1.165, 1.54) is 17.1 Å². The summed E-state index contributed by atoms with van der Waals surface area (Å²) in [4.78, 5) is 4.00. The molecule has 1 aromatic heterocycles. The molecule has 1 heterocycles. The Morgan fingerprint density at radius 3 is 2.80 bits per heavy atom. The van der Waals surface area contributed by atoms with Crippen LogP contribution in [0.3, 0.4) is 0 Å². The Labute approximate surface area is 96.4 Å². The highest BCUT2D eigenvalue weighted by Crippen LogP contribution is 2.07. The van der Waals surface area contributed by atoms with Gasteiger partial charge in [-0.3, -0.25) is 4.98 Å². The van der Waals surface area contributed by atoms with Crippen molar-refractivity contribution in [3.63, 3.8) is 0 Å². The first-order chi connectivity index (χ1) is 7.43. The van der Waals surface area contributed by atoms with Gasteiger partial charge < -0.3 is 4.74 Å². The van der Waals surface area contributed by atoms with Gasteiger partial charge in [-0.05, 0) is 49.0 Å². The first-order valence-electron chi connectivity index (χ1n) is 5.48. The largest absolute Gasteiger partial charge is 0.382 e. The Morgan fingerprint density at radius 1 is 1.27 bits per heavy atom. The summed E-state index contributed by atoms with van der Waals surface area (Å²) >= 11 is 2.00. The van der Waals surface area contributed by atoms with E-state index in [-0.39, 0.29) is 0 Å². The van der Waals surface area contributed by atoms with Crippen LogP contribution in [-0.2, 0) is 11.2 Å². The zero-order valence-electron chi connectivity index (χ0n) is 9.32. The van der Waals surface area contributed by atoms with Crippen molar-refractivity contribution < 1.29 is 4.74 Å². The van der Waals surface area contributed by atoms with Gasteiger partial charge in [-0.1, -0.05) is 0 Å². The molecule has 1 rings (SSSR count). The van der Waals surface area contributed by atoms with Crippen LogP contribution in [0.15, 0.2) is 24.5 Å². The normalized spacial score (nSPS) is 10.5. The predicted octanol–water partition coefficient (Wildman–Crippen LogP) is 2.78. The predicted molar refractivity (Wildman–Crippen MR) is 66.4 cm³/mol. The molecule has 0 unspecified atom stereocenters. The number of rotatable bonds is 8. The topological polar surface area (TPSA) is 22.1 Å². The fourth-order valence-corrected chi connectivity index (χ4v) is 2.16. The van der Waals surface area contributed by atoms with E-state index in [2.05, 4.69) is 17.1 Å². The Balaban J connectivity index is 1.93. The molecule has 3 heteroatoms. The molecule has 0 aromatic carbocycles. The van der Waals surface area contributed by atoms with Crippen LogP contribution in [0.4, 0.5) is 0 Å². The minimum atomic E-state index is 0.835. The van der Waals surface area contributed by atoms with Gasteiger partial charge in [-0.15, -0.1) is 0 Å². The second kappa shape index (κ2) is 8.74. The van der Waals surface area contributed by atoms with Crippen LogP contribution in [0.2, 0.25) is 0 Å². The zero-order valence-corrected chi connectivity index (χ0v) is 10.1. The highest BCUT2D eigenvalue weighted by molar-refractivity contribution is 7.99. The summed E-state index contributed by atoms with van der Waals surface area (Å²) in [6.07, 6.45) is 6.01. The van der Waals surface area contributed by atoms with Gasteiger partial charge in [0.25, 0.3) is 0 Å². The molecular formula is C12H19NOS. The first-order valence-corrected chi connectivity index (χ1v) is 6.63. The van der Waals surface area contributed by atoms with E-state index in [0.717, 1.165) is 26.1 Å². The van der Waals surface area contributed by atoms with Crippen molar-refractivity contribution >= 4 is 11.8 Å². The molecule has 0 saturated carbocycles. The maximum atomic E-state index is 5.28. The average Bonchev–Trinajstić information content (AvgIpc) is 2.29. The third kappa shape index (κ3) is 6.52. The smallest absolute Gasteiger partial charge is 0.0473 e. The van der Waals surface area contributed by atoms with Crippen LogP contribution in [0.1, 0.15) is 18.9 Å². The summed E-state index contributed by atoms with van der Waals surface area (Å²) in [5.74, 6) is 2.39. The minimum Gasteiger partial charge on any atom is -0.382 e. The fourth-order valence-electron chi connectivity index (χ4n) is 1.25. The van der Waals surface area contributed by atoms with Crippen molar-refractivity contribution in [2.45, 2.75) is 19.8 Å². The molecule has 1 aromatic rings. The van der Waals surface area contributed by atoms with Gasteiger partial charge in [-0.25, -0.2) is 0 Å². The fraction of sp³-hybridized carbons (Fsp3) is 0.583. The van der Waals surface area contributed by atoms with Crippen LogP contribution >= 0.6 is 11.8 Å². The molecule has 2 nitrogen and oxygen atoms in total. The van der Waals surface area contributed by atoms with Crippen molar-refractivity contribution in [1.29, 1.82) is 0 Å². The molecule has 84 valence electrons. The molecular weight excluding hydrogens is 206 g/mol. The van der Waals surface area contributed by atoms with Gasteiger partial charge in [0.2, 0.25) is 0 Å². The van der Waals surface area contributed by atoms with Gasteiger partial charge in [0.05, 0.1) is 0 Å². The first kappa shape index (κ1) is 12.5. The molecule has 0 aliphatic heterocycles. The van der Waals surface area contributed by atoms with E-state index in [1.807, 2.05) is 31.1 Å². The van der Waals surface area contributed by atoms with E-state index in [9.17, 15) is 0 Å². The van der Waals surface area contributed by atoms with Crippen LogP contribution in [0.25, 0.3) is 0 Å². The maximum absolute atomic E-state index is 5.28. The van der Waals surface area contributed by atoms with Gasteiger partial charge in [0.15, 0.2) is 0 Å². The van der Waals surface area contributed by atoms with Crippen molar-refractivity contribution in [2.24, 2.45) is 0 Å². The summed E-state index contributed by atoms with van der Waals surface area (Å²) in [7, 11) is 0. The lowest BCUT2D eigenvalue weighted by Gasteiger charge is -2.02. The standard InChI is InChI=1S/C12H19NOS/c1-2-14-9-3-10-15-11-6-12-4-7-13-8-5-12/h4-5,7-8H,2-3,6,9-11H2,1H3. The lowest BCUT2D eigenvalue weighted by atomic mass is 10.2. The van der Waals surface area contributed by atoms with Crippen LogP contribution in [0.5, 0.6) is 0 Å². The summed E-state index contributed by atoms with van der Waals surface area (Å²) in [5, 5.41) is 0. The number of thioether (sulfide) groups is 1. The SMILES string of the molecule is CCOCCCSCCc1ccncc1. The molecule has 0 aliphatic carbocycles. The number of hydrogen-bond donors (Lipinski definition) is 0. The van der Waals surface area contributed by atoms with Gasteiger partial charge in [-0.2, -0.15) is 11.8 Å². The summed E-state index contributed by atoms with van der Waals surface area (Å²) < 4.78 is 5.28. The number of aryl methyl sites for hydroxylation is 1. The Bertz CT molecular complexity index is 241. The van der Waals surface area contributed by atoms with Crippen molar-refractivity contribution in [2.75, 3.05) is 24.7 Å². The van der Waals surface area contributed by atoms with E-state index in [0.29, 0.717) is 0 Å². The zero-order chi connectivity index (χ0) is 10.8. The lowest BCUT2D eigenvalue weighted by molar-refractivity contribution is 0.149. The minimum absolute atomic E-state index is 0.835. The Hall–Kier alpha value is -0.540. The van der Waals surface area contributed by atoms with E-state index < -0.39 is 0 Å². The lowest BCUT2D eigenvalue weighted by Crippen LogP contribution is -1.96. The number of pyridine rings is 1.